The second-order valence-corrected chi connectivity index (χ2v) is 13.6. The quantitative estimate of drug-likeness (QED) is 0.360. The molecule has 0 aliphatic carbocycles. The van der Waals surface area contributed by atoms with Gasteiger partial charge in [0.25, 0.3) is 0 Å². The van der Waals surface area contributed by atoms with E-state index in [1.54, 1.807) is 12.1 Å². The molecule has 0 unspecified atom stereocenters. The number of carbonyl (C=O) groups excluding carboxylic acids is 1. The molecule has 0 aromatic heterocycles. The van der Waals surface area contributed by atoms with Crippen molar-refractivity contribution in [3.63, 3.8) is 0 Å². The fourth-order valence-electron chi connectivity index (χ4n) is 5.79. The number of hydrogen-bond acceptors (Lipinski definition) is 8. The van der Waals surface area contributed by atoms with E-state index in [1.165, 1.54) is 33.1 Å². The van der Waals surface area contributed by atoms with E-state index in [0.29, 0.717) is 48.5 Å². The number of ether oxygens (including phenoxy) is 3. The van der Waals surface area contributed by atoms with Gasteiger partial charge in [-0.3, -0.25) is 9.80 Å². The Morgan fingerprint density at radius 3 is 2.12 bits per heavy atom. The van der Waals surface area contributed by atoms with Gasteiger partial charge in [-0.1, -0.05) is 23.7 Å². The Balaban J connectivity index is 0.00000323. The molecule has 0 bridgehead atoms. The number of piperidine rings is 1. The Bertz CT molecular complexity index is 1270. The summed E-state index contributed by atoms with van der Waals surface area (Å²) in [7, 11) is 1.48. The molecule has 0 saturated carbocycles. The molecule has 2 aromatic rings. The Hall–Kier alpha value is -2.15. The standard InChI is InChI=1S/C29H41ClN4O6S.2ClH/c1-38-26-16-23(17-27(39-2)28(26)40-3)31-29(35)32-24-18-33(13-14-41(4,36)37)19-25(24)34-11-9-21(10-12-34)15-20-5-7-22(30)8-6-20;;/h5-8,16-17,21,24-25H,9-15,18-19H2,1-4H3,(H2,31,32,35);2*1H/t24-,25-;;/m0../s1. The highest BCUT2D eigenvalue weighted by Gasteiger charge is 2.39. The van der Waals surface area contributed by atoms with E-state index in [0.717, 1.165) is 37.4 Å². The lowest BCUT2D eigenvalue weighted by Gasteiger charge is -2.38. The Morgan fingerprint density at radius 2 is 1.58 bits per heavy atom. The summed E-state index contributed by atoms with van der Waals surface area (Å²) in [6.07, 6.45) is 4.40. The van der Waals surface area contributed by atoms with Crippen LogP contribution in [-0.4, -0.2) is 102 Å². The van der Waals surface area contributed by atoms with E-state index < -0.39 is 9.84 Å². The molecule has 10 nitrogen and oxygen atoms in total. The number of nitrogens with one attached hydrogen (secondary N) is 2. The van der Waals surface area contributed by atoms with Crippen molar-refractivity contribution >= 4 is 58.0 Å². The Kier molecular flexibility index (Phi) is 14.5. The van der Waals surface area contributed by atoms with Gasteiger partial charge in [-0.05, 0) is 56.0 Å². The lowest BCUT2D eigenvalue weighted by molar-refractivity contribution is 0.122. The molecular weight excluding hydrogens is 639 g/mol. The first-order valence-corrected chi connectivity index (χ1v) is 16.3. The highest BCUT2D eigenvalue weighted by molar-refractivity contribution is 7.90. The zero-order valence-electron chi connectivity index (χ0n) is 25.0. The smallest absolute Gasteiger partial charge is 0.319 e. The SMILES string of the molecule is COc1cc(NC(=O)N[C@H]2CN(CCS(C)(=O)=O)C[C@@H]2N2CCC(Cc3ccc(Cl)cc3)CC2)cc(OC)c1OC.Cl.Cl. The second kappa shape index (κ2) is 16.8. The van der Waals surface area contributed by atoms with Gasteiger partial charge >= 0.3 is 6.03 Å². The van der Waals surface area contributed by atoms with Gasteiger partial charge in [-0.15, -0.1) is 24.8 Å². The van der Waals surface area contributed by atoms with E-state index in [1.807, 2.05) is 12.1 Å². The Labute approximate surface area is 272 Å². The number of rotatable bonds is 11. The van der Waals surface area contributed by atoms with Crippen molar-refractivity contribution in [3.8, 4) is 17.2 Å². The number of nitrogens with zero attached hydrogens (tertiary/aromatic N) is 2. The maximum absolute atomic E-state index is 13.2. The molecule has 2 aliphatic heterocycles. The van der Waals surface area contributed by atoms with Crippen LogP contribution < -0.4 is 24.8 Å². The van der Waals surface area contributed by atoms with Crippen molar-refractivity contribution in [1.82, 2.24) is 15.1 Å². The predicted molar refractivity (Wildman–Crippen MR) is 176 cm³/mol. The van der Waals surface area contributed by atoms with Crippen molar-refractivity contribution < 1.29 is 27.4 Å². The minimum absolute atomic E-state index is 0. The number of anilines is 1. The fraction of sp³-hybridized carbons (Fsp3) is 0.552. The van der Waals surface area contributed by atoms with Crippen molar-refractivity contribution in [2.24, 2.45) is 5.92 Å². The van der Waals surface area contributed by atoms with Crippen LogP contribution in [0.3, 0.4) is 0 Å². The highest BCUT2D eigenvalue weighted by atomic mass is 35.5. The van der Waals surface area contributed by atoms with Crippen LogP contribution in [0.5, 0.6) is 17.2 Å². The van der Waals surface area contributed by atoms with Crippen molar-refractivity contribution in [2.45, 2.75) is 31.3 Å². The first-order chi connectivity index (χ1) is 19.6. The van der Waals surface area contributed by atoms with E-state index in [9.17, 15) is 13.2 Å². The number of urea groups is 1. The van der Waals surface area contributed by atoms with Crippen LogP contribution in [0.4, 0.5) is 10.5 Å². The van der Waals surface area contributed by atoms with Gasteiger partial charge in [0.1, 0.15) is 9.84 Å². The lowest BCUT2D eigenvalue weighted by Crippen LogP contribution is -2.54. The van der Waals surface area contributed by atoms with E-state index in [2.05, 4.69) is 32.6 Å². The normalized spacial score (nSPS) is 19.6. The van der Waals surface area contributed by atoms with Crippen molar-refractivity contribution in [1.29, 1.82) is 0 Å². The lowest BCUT2D eigenvalue weighted by atomic mass is 9.89. The molecule has 0 spiro atoms. The van der Waals surface area contributed by atoms with E-state index in [-0.39, 0.29) is 48.7 Å². The van der Waals surface area contributed by atoms with Crippen LogP contribution >= 0.6 is 36.4 Å². The number of carbonyl (C=O) groups is 1. The average molecular weight is 682 g/mol. The molecule has 2 fully saturated rings. The number of benzene rings is 2. The number of methoxy groups -OCH3 is 3. The molecule has 2 aromatic carbocycles. The summed E-state index contributed by atoms with van der Waals surface area (Å²) < 4.78 is 39.9. The van der Waals surface area contributed by atoms with E-state index >= 15 is 0 Å². The molecule has 0 radical (unpaired) electrons. The van der Waals surface area contributed by atoms with Gasteiger partial charge in [0.15, 0.2) is 11.5 Å². The third-order valence-electron chi connectivity index (χ3n) is 7.94. The molecule has 2 heterocycles. The van der Waals surface area contributed by atoms with Gasteiger partial charge in [0, 0.05) is 49.1 Å². The number of sulfone groups is 1. The topological polar surface area (TPSA) is 109 Å². The van der Waals surface area contributed by atoms with Crippen LogP contribution in [0.15, 0.2) is 36.4 Å². The van der Waals surface area contributed by atoms with Gasteiger partial charge < -0.3 is 24.8 Å². The number of likely N-dealkylation sites (tertiary alicyclic amines) is 2. The zero-order valence-corrected chi connectivity index (χ0v) is 28.2. The molecule has 2 N–H and O–H groups in total. The zero-order chi connectivity index (χ0) is 29.6. The molecule has 4 rings (SSSR count). The van der Waals surface area contributed by atoms with Crippen molar-refractivity contribution in [2.75, 3.05) is 71.4 Å². The number of halogens is 3. The van der Waals surface area contributed by atoms with Gasteiger partial charge in [0.05, 0.1) is 38.8 Å². The molecule has 14 heteroatoms. The van der Waals surface area contributed by atoms with Crippen LogP contribution in [0, 0.1) is 5.92 Å². The third kappa shape index (κ3) is 10.5. The monoisotopic (exact) mass is 680 g/mol. The molecule has 242 valence electrons. The molecule has 2 atom stereocenters. The first kappa shape index (κ1) is 37.0. The van der Waals surface area contributed by atoms with Gasteiger partial charge in [0.2, 0.25) is 5.75 Å². The summed E-state index contributed by atoms with van der Waals surface area (Å²) in [5.74, 6) is 2.00. The summed E-state index contributed by atoms with van der Waals surface area (Å²) in [5.41, 5.74) is 1.80. The maximum atomic E-state index is 13.2. The minimum atomic E-state index is -3.09. The summed E-state index contributed by atoms with van der Waals surface area (Å²) >= 11 is 6.05. The maximum Gasteiger partial charge on any atom is 0.319 e. The third-order valence-corrected chi connectivity index (χ3v) is 9.11. The molecule has 43 heavy (non-hydrogen) atoms. The van der Waals surface area contributed by atoms with Crippen LogP contribution in [0.25, 0.3) is 0 Å². The summed E-state index contributed by atoms with van der Waals surface area (Å²) in [6, 6.07) is 11.0. The molecular formula is C29H43Cl3N4O6S. The van der Waals surface area contributed by atoms with Gasteiger partial charge in [-0.2, -0.15) is 0 Å². The summed E-state index contributed by atoms with van der Waals surface area (Å²) in [6.45, 7) is 3.57. The number of amides is 2. The van der Waals surface area contributed by atoms with Crippen LogP contribution in [0.1, 0.15) is 18.4 Å². The van der Waals surface area contributed by atoms with Crippen molar-refractivity contribution in [3.05, 3.63) is 47.0 Å². The first-order valence-electron chi connectivity index (χ1n) is 13.8. The van der Waals surface area contributed by atoms with Crippen LogP contribution in [0.2, 0.25) is 5.02 Å². The van der Waals surface area contributed by atoms with E-state index in [4.69, 9.17) is 25.8 Å². The minimum Gasteiger partial charge on any atom is -0.493 e. The molecule has 2 saturated heterocycles. The summed E-state index contributed by atoms with van der Waals surface area (Å²) in [5, 5.41) is 6.80. The second-order valence-electron chi connectivity index (χ2n) is 10.9. The fourth-order valence-corrected chi connectivity index (χ4v) is 6.50. The summed E-state index contributed by atoms with van der Waals surface area (Å²) in [4.78, 5) is 17.8. The average Bonchev–Trinajstić information content (AvgIpc) is 3.35. The highest BCUT2D eigenvalue weighted by Crippen LogP contribution is 2.40. The predicted octanol–water partition coefficient (Wildman–Crippen LogP) is 4.38. The molecule has 2 aliphatic rings. The molecule has 2 amide bonds. The van der Waals surface area contributed by atoms with Gasteiger partial charge in [-0.25, -0.2) is 13.2 Å². The number of hydrogen-bond donors (Lipinski definition) is 2. The Morgan fingerprint density at radius 1 is 0.977 bits per heavy atom. The largest absolute Gasteiger partial charge is 0.493 e. The van der Waals surface area contributed by atoms with Crippen LogP contribution in [-0.2, 0) is 16.3 Å².